The number of hydrogen-bond acceptors (Lipinski definition) is 1. The van der Waals surface area contributed by atoms with Crippen LogP contribution >= 0.6 is 0 Å². The summed E-state index contributed by atoms with van der Waals surface area (Å²) < 4.78 is 0. The number of allylic oxidation sites excluding steroid dienone is 2. The molecular weight excluding hydrogens is 134 g/mol. The smallest absolute Gasteiger partial charge is 0.0911 e. The fraction of sp³-hybridized carbons (Fsp3) is 0.700. The van der Waals surface area contributed by atoms with E-state index in [0.29, 0.717) is 5.41 Å². The topological polar surface area (TPSA) is 23.8 Å². The third-order valence-electron chi connectivity index (χ3n) is 3.35. The molecule has 0 aliphatic heterocycles. The second kappa shape index (κ2) is 2.37. The van der Waals surface area contributed by atoms with Gasteiger partial charge in [-0.2, -0.15) is 5.26 Å². The molecule has 0 aromatic rings. The van der Waals surface area contributed by atoms with E-state index in [9.17, 15) is 0 Å². The summed E-state index contributed by atoms with van der Waals surface area (Å²) in [5, 5.41) is 8.52. The molecule has 1 spiro atoms. The summed E-state index contributed by atoms with van der Waals surface area (Å²) in [5.74, 6) is 0. The zero-order valence-electron chi connectivity index (χ0n) is 6.77. The number of hydrogen-bond donors (Lipinski definition) is 0. The summed E-state index contributed by atoms with van der Waals surface area (Å²) in [6.45, 7) is 0. The maximum Gasteiger partial charge on any atom is 0.0911 e. The predicted octanol–water partition coefficient (Wildman–Crippen LogP) is 2.79. The highest BCUT2D eigenvalue weighted by atomic mass is 14.5. The summed E-state index contributed by atoms with van der Waals surface area (Å²) in [7, 11) is 0. The first-order valence-electron chi connectivity index (χ1n) is 4.47. The Hall–Kier alpha value is -0.770. The summed E-state index contributed by atoms with van der Waals surface area (Å²) in [6, 6.07) is 2.16. The van der Waals surface area contributed by atoms with Crippen LogP contribution in [0, 0.1) is 16.7 Å². The normalized spacial score (nSPS) is 30.3. The SMILES string of the molecule is N#C/C=C1/CCC12CCCC2. The zero-order chi connectivity index (χ0) is 7.73. The Kier molecular flexibility index (Phi) is 1.49. The molecule has 0 unspecified atom stereocenters. The lowest BCUT2D eigenvalue weighted by atomic mass is 9.63. The fourth-order valence-corrected chi connectivity index (χ4v) is 2.55. The van der Waals surface area contributed by atoms with E-state index in [4.69, 9.17) is 5.26 Å². The molecule has 0 aromatic carbocycles. The molecule has 11 heavy (non-hydrogen) atoms. The average Bonchev–Trinajstić information content (AvgIpc) is 2.48. The van der Waals surface area contributed by atoms with Gasteiger partial charge in [-0.15, -0.1) is 0 Å². The minimum Gasteiger partial charge on any atom is -0.193 e. The molecule has 2 rings (SSSR count). The highest BCUT2D eigenvalue weighted by Crippen LogP contribution is 2.56. The van der Waals surface area contributed by atoms with Crippen molar-refractivity contribution in [2.45, 2.75) is 38.5 Å². The Bertz CT molecular complexity index is 226. The highest BCUT2D eigenvalue weighted by Gasteiger charge is 2.43. The first kappa shape index (κ1) is 6.91. The lowest BCUT2D eigenvalue weighted by Gasteiger charge is -2.41. The monoisotopic (exact) mass is 147 g/mol. The van der Waals surface area contributed by atoms with Crippen LogP contribution in [0.3, 0.4) is 0 Å². The number of nitriles is 1. The fourth-order valence-electron chi connectivity index (χ4n) is 2.55. The Morgan fingerprint density at radius 1 is 1.27 bits per heavy atom. The van der Waals surface area contributed by atoms with E-state index < -0.39 is 0 Å². The van der Waals surface area contributed by atoms with Crippen molar-refractivity contribution in [2.75, 3.05) is 0 Å². The van der Waals surface area contributed by atoms with Gasteiger partial charge in [0, 0.05) is 6.08 Å². The number of nitrogens with zero attached hydrogens (tertiary/aromatic N) is 1. The molecule has 0 heterocycles. The van der Waals surface area contributed by atoms with Crippen molar-refractivity contribution in [3.63, 3.8) is 0 Å². The van der Waals surface area contributed by atoms with Gasteiger partial charge in [0.1, 0.15) is 0 Å². The largest absolute Gasteiger partial charge is 0.193 e. The molecule has 0 saturated heterocycles. The van der Waals surface area contributed by atoms with Crippen LogP contribution in [0.5, 0.6) is 0 Å². The summed E-state index contributed by atoms with van der Waals surface area (Å²) in [4.78, 5) is 0. The maximum absolute atomic E-state index is 8.52. The Labute approximate surface area is 67.7 Å². The molecule has 58 valence electrons. The van der Waals surface area contributed by atoms with E-state index in [-0.39, 0.29) is 0 Å². The zero-order valence-corrected chi connectivity index (χ0v) is 6.77. The molecule has 2 aliphatic carbocycles. The second-order valence-electron chi connectivity index (χ2n) is 3.79. The third-order valence-corrected chi connectivity index (χ3v) is 3.35. The van der Waals surface area contributed by atoms with Crippen molar-refractivity contribution in [3.05, 3.63) is 11.6 Å². The standard InChI is InChI=1S/C10H13N/c11-8-4-9-3-7-10(9)5-1-2-6-10/h4H,1-3,5-7H2/b9-4-. The van der Waals surface area contributed by atoms with Crippen molar-refractivity contribution in [3.8, 4) is 6.07 Å². The molecule has 1 nitrogen and oxygen atoms in total. The summed E-state index contributed by atoms with van der Waals surface area (Å²) in [6.07, 6.45) is 9.77. The first-order chi connectivity index (χ1) is 5.37. The van der Waals surface area contributed by atoms with E-state index in [2.05, 4.69) is 6.07 Å². The summed E-state index contributed by atoms with van der Waals surface area (Å²) in [5.41, 5.74) is 1.97. The molecule has 0 aromatic heterocycles. The molecule has 0 atom stereocenters. The molecule has 0 N–H and O–H groups in total. The van der Waals surface area contributed by atoms with Crippen LogP contribution in [0.4, 0.5) is 0 Å². The summed E-state index contributed by atoms with van der Waals surface area (Å²) >= 11 is 0. The molecular formula is C10H13N. The Balaban J connectivity index is 2.16. The molecule has 0 bridgehead atoms. The van der Waals surface area contributed by atoms with Gasteiger partial charge in [-0.3, -0.25) is 0 Å². The maximum atomic E-state index is 8.52. The van der Waals surface area contributed by atoms with Gasteiger partial charge in [-0.25, -0.2) is 0 Å². The van der Waals surface area contributed by atoms with Crippen LogP contribution in [0.15, 0.2) is 11.6 Å². The van der Waals surface area contributed by atoms with E-state index >= 15 is 0 Å². The molecule has 2 fully saturated rings. The van der Waals surface area contributed by atoms with Gasteiger partial charge in [-0.05, 0) is 31.1 Å². The van der Waals surface area contributed by atoms with E-state index in [0.717, 1.165) is 0 Å². The average molecular weight is 147 g/mol. The number of rotatable bonds is 0. The molecule has 1 heteroatoms. The third kappa shape index (κ3) is 0.894. The Morgan fingerprint density at radius 3 is 2.45 bits per heavy atom. The molecule has 2 aliphatic rings. The molecule has 2 saturated carbocycles. The van der Waals surface area contributed by atoms with Crippen molar-refractivity contribution >= 4 is 0 Å². The van der Waals surface area contributed by atoms with E-state index in [1.54, 1.807) is 6.08 Å². The quantitative estimate of drug-likeness (QED) is 0.483. The van der Waals surface area contributed by atoms with Crippen LogP contribution in [0.1, 0.15) is 38.5 Å². The van der Waals surface area contributed by atoms with Crippen molar-refractivity contribution in [2.24, 2.45) is 5.41 Å². The van der Waals surface area contributed by atoms with E-state index in [1.165, 1.54) is 44.1 Å². The molecule has 0 radical (unpaired) electrons. The lowest BCUT2D eigenvalue weighted by molar-refractivity contribution is 0.248. The Morgan fingerprint density at radius 2 is 2.00 bits per heavy atom. The molecule has 0 amide bonds. The van der Waals surface area contributed by atoms with Crippen molar-refractivity contribution in [1.82, 2.24) is 0 Å². The highest BCUT2D eigenvalue weighted by molar-refractivity contribution is 5.29. The lowest BCUT2D eigenvalue weighted by Crippen LogP contribution is -2.28. The minimum absolute atomic E-state index is 0.524. The first-order valence-corrected chi connectivity index (χ1v) is 4.47. The van der Waals surface area contributed by atoms with Gasteiger partial charge in [-0.1, -0.05) is 18.4 Å². The van der Waals surface area contributed by atoms with Crippen LogP contribution in [-0.2, 0) is 0 Å². The van der Waals surface area contributed by atoms with Crippen molar-refractivity contribution < 1.29 is 0 Å². The van der Waals surface area contributed by atoms with Gasteiger partial charge in [0.15, 0.2) is 0 Å². The van der Waals surface area contributed by atoms with Crippen LogP contribution < -0.4 is 0 Å². The van der Waals surface area contributed by atoms with Crippen LogP contribution in [0.25, 0.3) is 0 Å². The minimum atomic E-state index is 0.524. The predicted molar refractivity (Wildman–Crippen MR) is 43.8 cm³/mol. The van der Waals surface area contributed by atoms with Gasteiger partial charge in [0.25, 0.3) is 0 Å². The van der Waals surface area contributed by atoms with Crippen molar-refractivity contribution in [1.29, 1.82) is 5.26 Å². The van der Waals surface area contributed by atoms with Gasteiger partial charge in [0.05, 0.1) is 6.07 Å². The van der Waals surface area contributed by atoms with Crippen LogP contribution in [0.2, 0.25) is 0 Å². The van der Waals surface area contributed by atoms with Gasteiger partial charge in [0.2, 0.25) is 0 Å². The van der Waals surface area contributed by atoms with Gasteiger partial charge >= 0.3 is 0 Å². The van der Waals surface area contributed by atoms with E-state index in [1.807, 2.05) is 0 Å². The van der Waals surface area contributed by atoms with Crippen LogP contribution in [-0.4, -0.2) is 0 Å². The second-order valence-corrected chi connectivity index (χ2v) is 3.79. The van der Waals surface area contributed by atoms with Gasteiger partial charge < -0.3 is 0 Å².